The van der Waals surface area contributed by atoms with E-state index in [0.29, 0.717) is 48.4 Å². The number of nitrogens with zero attached hydrogens (tertiary/aromatic N) is 2. The number of carbonyl (C=O) groups excluding carboxylic acids is 4. The van der Waals surface area contributed by atoms with Crippen LogP contribution < -0.4 is 9.80 Å². The molecule has 2 aromatic carbocycles. The van der Waals surface area contributed by atoms with Gasteiger partial charge in [0.15, 0.2) is 0 Å². The fourth-order valence-corrected chi connectivity index (χ4v) is 4.25. The van der Waals surface area contributed by atoms with Crippen LogP contribution in [0.4, 0.5) is 11.4 Å². The molecule has 2 heterocycles. The molecule has 0 aromatic heterocycles. The topological polar surface area (TPSA) is 74.8 Å². The van der Waals surface area contributed by atoms with Crippen molar-refractivity contribution in [2.45, 2.75) is 12.8 Å². The molecule has 2 aromatic rings. The molecule has 142 valence electrons. The SMILES string of the molecule is O=C1C(=O)N(CCCCN2C(=O)C(=O)c3cc(Br)ccc32)c2ccc(Br)cc21. The first-order chi connectivity index (χ1) is 13.4. The number of benzene rings is 2. The molecule has 8 heteroatoms. The second kappa shape index (κ2) is 7.25. The fourth-order valence-electron chi connectivity index (χ4n) is 3.53. The van der Waals surface area contributed by atoms with Crippen LogP contribution in [0.1, 0.15) is 33.6 Å². The van der Waals surface area contributed by atoms with E-state index in [1.807, 2.05) is 0 Å². The molecule has 0 radical (unpaired) electrons. The van der Waals surface area contributed by atoms with Crippen LogP contribution in [-0.4, -0.2) is 36.5 Å². The lowest BCUT2D eigenvalue weighted by atomic mass is 10.1. The first-order valence-corrected chi connectivity index (χ1v) is 10.3. The van der Waals surface area contributed by atoms with E-state index in [-0.39, 0.29) is 0 Å². The summed E-state index contributed by atoms with van der Waals surface area (Å²) >= 11 is 6.62. The lowest BCUT2D eigenvalue weighted by molar-refractivity contribution is -0.115. The Morgan fingerprint density at radius 1 is 0.643 bits per heavy atom. The second-order valence-electron chi connectivity index (χ2n) is 6.60. The van der Waals surface area contributed by atoms with Crippen molar-refractivity contribution in [1.82, 2.24) is 0 Å². The molecule has 4 rings (SSSR count). The Morgan fingerprint density at radius 3 is 1.43 bits per heavy atom. The highest BCUT2D eigenvalue weighted by Crippen LogP contribution is 2.33. The number of ketones is 2. The van der Waals surface area contributed by atoms with Crippen LogP contribution in [0.25, 0.3) is 0 Å². The molecule has 2 aliphatic heterocycles. The zero-order valence-electron chi connectivity index (χ0n) is 14.6. The van der Waals surface area contributed by atoms with Gasteiger partial charge in [0, 0.05) is 22.0 Å². The van der Waals surface area contributed by atoms with Crippen molar-refractivity contribution < 1.29 is 19.2 Å². The molecule has 0 N–H and O–H groups in total. The highest BCUT2D eigenvalue weighted by atomic mass is 79.9. The van der Waals surface area contributed by atoms with E-state index in [1.54, 1.807) is 36.4 Å². The number of halogens is 2. The zero-order valence-corrected chi connectivity index (χ0v) is 17.7. The summed E-state index contributed by atoms with van der Waals surface area (Å²) in [6.07, 6.45) is 1.19. The van der Waals surface area contributed by atoms with Crippen LogP contribution in [0.3, 0.4) is 0 Å². The summed E-state index contributed by atoms with van der Waals surface area (Å²) in [7, 11) is 0. The van der Waals surface area contributed by atoms with E-state index in [4.69, 9.17) is 0 Å². The van der Waals surface area contributed by atoms with Crippen molar-refractivity contribution in [3.8, 4) is 0 Å². The van der Waals surface area contributed by atoms with Gasteiger partial charge in [-0.25, -0.2) is 0 Å². The predicted octanol–water partition coefficient (Wildman–Crippen LogP) is 3.75. The number of amides is 2. The average Bonchev–Trinajstić information content (AvgIpc) is 3.05. The molecule has 0 bridgehead atoms. The third-order valence-corrected chi connectivity index (χ3v) is 5.87. The van der Waals surface area contributed by atoms with Crippen LogP contribution in [0.2, 0.25) is 0 Å². The van der Waals surface area contributed by atoms with Crippen molar-refractivity contribution in [1.29, 1.82) is 0 Å². The van der Waals surface area contributed by atoms with Crippen molar-refractivity contribution in [2.75, 3.05) is 22.9 Å². The van der Waals surface area contributed by atoms with E-state index in [2.05, 4.69) is 31.9 Å². The van der Waals surface area contributed by atoms with Crippen molar-refractivity contribution in [2.24, 2.45) is 0 Å². The van der Waals surface area contributed by atoms with Crippen LogP contribution in [0.5, 0.6) is 0 Å². The summed E-state index contributed by atoms with van der Waals surface area (Å²) in [6.45, 7) is 0.755. The lowest BCUT2D eigenvalue weighted by Crippen LogP contribution is -2.33. The summed E-state index contributed by atoms with van der Waals surface area (Å²) < 4.78 is 1.49. The third kappa shape index (κ3) is 3.10. The maximum Gasteiger partial charge on any atom is 0.299 e. The number of fused-ring (bicyclic) bond motifs is 2. The van der Waals surface area contributed by atoms with Gasteiger partial charge in [0.2, 0.25) is 0 Å². The van der Waals surface area contributed by atoms with Crippen molar-refractivity contribution in [3.63, 3.8) is 0 Å². The van der Waals surface area contributed by atoms with Gasteiger partial charge >= 0.3 is 0 Å². The van der Waals surface area contributed by atoms with Gasteiger partial charge in [-0.15, -0.1) is 0 Å². The Bertz CT molecular complexity index is 967. The molecule has 0 aliphatic carbocycles. The van der Waals surface area contributed by atoms with Gasteiger partial charge in [0.05, 0.1) is 22.5 Å². The molecular formula is C20H14Br2N2O4. The van der Waals surface area contributed by atoms with Gasteiger partial charge < -0.3 is 9.80 Å². The van der Waals surface area contributed by atoms with Crippen LogP contribution in [-0.2, 0) is 9.59 Å². The average molecular weight is 506 g/mol. The largest absolute Gasteiger partial charge is 0.305 e. The molecule has 0 spiro atoms. The molecule has 6 nitrogen and oxygen atoms in total. The highest BCUT2D eigenvalue weighted by Gasteiger charge is 2.37. The van der Waals surface area contributed by atoms with E-state index >= 15 is 0 Å². The highest BCUT2D eigenvalue weighted by molar-refractivity contribution is 9.10. The molecule has 0 atom stereocenters. The van der Waals surface area contributed by atoms with Crippen molar-refractivity contribution in [3.05, 3.63) is 56.5 Å². The maximum absolute atomic E-state index is 12.3. The summed E-state index contributed by atoms with van der Waals surface area (Å²) in [5, 5.41) is 0. The summed E-state index contributed by atoms with van der Waals surface area (Å²) in [5.41, 5.74) is 2.03. The van der Waals surface area contributed by atoms with Gasteiger partial charge in [0.25, 0.3) is 23.4 Å². The number of unbranched alkanes of at least 4 members (excludes halogenated alkanes) is 1. The molecule has 0 saturated heterocycles. The minimum atomic E-state index is -0.532. The first-order valence-electron chi connectivity index (χ1n) is 8.70. The van der Waals surface area contributed by atoms with Crippen LogP contribution in [0, 0.1) is 0 Å². The number of hydrogen-bond donors (Lipinski definition) is 0. The van der Waals surface area contributed by atoms with Gasteiger partial charge in [-0.05, 0) is 49.2 Å². The molecule has 2 amide bonds. The third-order valence-electron chi connectivity index (χ3n) is 4.88. The van der Waals surface area contributed by atoms with E-state index in [0.717, 1.165) is 8.95 Å². The van der Waals surface area contributed by atoms with Gasteiger partial charge in [-0.3, -0.25) is 19.2 Å². The number of hydrogen-bond acceptors (Lipinski definition) is 4. The molecule has 2 aliphatic rings. The minimum Gasteiger partial charge on any atom is -0.305 e. The van der Waals surface area contributed by atoms with Crippen molar-refractivity contribution >= 4 is 66.6 Å². The number of carbonyl (C=O) groups is 4. The first kappa shape index (κ1) is 19.0. The Labute approximate surface area is 177 Å². The van der Waals surface area contributed by atoms with Gasteiger partial charge in [-0.1, -0.05) is 31.9 Å². The smallest absolute Gasteiger partial charge is 0.299 e. The summed E-state index contributed by atoms with van der Waals surface area (Å²) in [6, 6.07) is 10.4. The summed E-state index contributed by atoms with van der Waals surface area (Å²) in [5.74, 6) is -2.07. The quantitative estimate of drug-likeness (QED) is 0.458. The zero-order chi connectivity index (χ0) is 20.0. The van der Waals surface area contributed by atoms with Gasteiger partial charge in [-0.2, -0.15) is 0 Å². The van der Waals surface area contributed by atoms with Crippen LogP contribution in [0.15, 0.2) is 45.3 Å². The Morgan fingerprint density at radius 2 is 1.04 bits per heavy atom. The molecule has 0 fully saturated rings. The standard InChI is InChI=1S/C20H14Br2N2O4/c21-11-3-5-15-13(9-11)17(25)19(27)23(15)7-1-2-8-24-16-6-4-12(22)10-14(16)18(26)20(24)28/h3-6,9-10H,1-2,7-8H2. The normalized spacial score (nSPS) is 15.5. The van der Waals surface area contributed by atoms with Crippen LogP contribution >= 0.6 is 31.9 Å². The fraction of sp³-hybridized carbons (Fsp3) is 0.200. The Balaban J connectivity index is 1.41. The second-order valence-corrected chi connectivity index (χ2v) is 8.43. The number of anilines is 2. The lowest BCUT2D eigenvalue weighted by Gasteiger charge is -2.19. The number of Topliss-reactive ketones (excluding diaryl/α,β-unsaturated/α-hetero) is 2. The van der Waals surface area contributed by atoms with E-state index < -0.39 is 23.4 Å². The summed E-state index contributed by atoms with van der Waals surface area (Å²) in [4.78, 5) is 51.8. The molecule has 0 unspecified atom stereocenters. The van der Waals surface area contributed by atoms with Gasteiger partial charge in [0.1, 0.15) is 0 Å². The monoisotopic (exact) mass is 504 g/mol. The maximum atomic E-state index is 12.3. The molecule has 28 heavy (non-hydrogen) atoms. The molecular weight excluding hydrogens is 492 g/mol. The minimum absolute atomic E-state index is 0.377. The Kier molecular flexibility index (Phi) is 4.93. The Hall–Kier alpha value is -2.32. The molecule has 0 saturated carbocycles. The predicted molar refractivity (Wildman–Crippen MR) is 111 cm³/mol. The number of rotatable bonds is 5. The van der Waals surface area contributed by atoms with E-state index in [9.17, 15) is 19.2 Å². The van der Waals surface area contributed by atoms with E-state index in [1.165, 1.54) is 9.80 Å².